The van der Waals surface area contributed by atoms with Crippen molar-refractivity contribution in [1.29, 1.82) is 0 Å². The molecule has 5 unspecified atom stereocenters. The second-order valence-corrected chi connectivity index (χ2v) is 5.19. The van der Waals surface area contributed by atoms with Crippen LogP contribution in [0.4, 0.5) is 0 Å². The third-order valence-electron chi connectivity index (χ3n) is 3.87. The molecule has 2 aliphatic heterocycles. The molecule has 6 nitrogen and oxygen atoms in total. The maximum Gasteiger partial charge on any atom is 0.335 e. The summed E-state index contributed by atoms with van der Waals surface area (Å²) >= 11 is 0. The Balaban J connectivity index is 1.71. The molecule has 2 aliphatic rings. The third-order valence-corrected chi connectivity index (χ3v) is 3.87. The minimum Gasteiger partial charge on any atom is -0.479 e. The molecule has 0 amide bonds. The number of carboxylic acids is 1. The smallest absolute Gasteiger partial charge is 0.335 e. The van der Waals surface area contributed by atoms with Gasteiger partial charge in [0.15, 0.2) is 12.4 Å². The van der Waals surface area contributed by atoms with Crippen LogP contribution in [0.5, 0.6) is 0 Å². The van der Waals surface area contributed by atoms with E-state index in [0.29, 0.717) is 13.0 Å². The Kier molecular flexibility index (Phi) is 4.21. The van der Waals surface area contributed by atoms with Crippen LogP contribution in [0.1, 0.15) is 18.3 Å². The van der Waals surface area contributed by atoms with E-state index in [1.54, 1.807) is 0 Å². The van der Waals surface area contributed by atoms with Gasteiger partial charge in [0.1, 0.15) is 6.10 Å². The first-order valence-electron chi connectivity index (χ1n) is 6.92. The molecule has 2 heterocycles. The van der Waals surface area contributed by atoms with Crippen LogP contribution in [-0.4, -0.2) is 49.2 Å². The highest BCUT2D eigenvalue weighted by atomic mass is 16.7. The molecule has 2 fully saturated rings. The van der Waals surface area contributed by atoms with Gasteiger partial charge in [0.05, 0.1) is 18.8 Å². The van der Waals surface area contributed by atoms with Crippen LogP contribution in [-0.2, 0) is 23.7 Å². The molecule has 1 aromatic rings. The highest BCUT2D eigenvalue weighted by Gasteiger charge is 2.45. The zero-order valence-corrected chi connectivity index (χ0v) is 11.7. The molecule has 3 rings (SSSR count). The molecule has 0 aromatic heterocycles. The van der Waals surface area contributed by atoms with Gasteiger partial charge >= 0.3 is 5.97 Å². The largest absolute Gasteiger partial charge is 0.479 e. The van der Waals surface area contributed by atoms with Crippen LogP contribution < -0.4 is 0 Å². The van der Waals surface area contributed by atoms with Crippen molar-refractivity contribution in [3.63, 3.8) is 0 Å². The first kappa shape index (κ1) is 14.5. The minimum absolute atomic E-state index is 0.232. The first-order chi connectivity index (χ1) is 10.2. The van der Waals surface area contributed by atoms with Gasteiger partial charge in [-0.05, 0) is 0 Å². The molecular weight excluding hydrogens is 276 g/mol. The maximum atomic E-state index is 11.2. The Labute approximate surface area is 122 Å². The molecule has 0 radical (unpaired) electrons. The Bertz CT molecular complexity index is 490. The van der Waals surface area contributed by atoms with E-state index in [9.17, 15) is 9.90 Å². The van der Waals surface area contributed by atoms with E-state index in [-0.39, 0.29) is 12.2 Å². The van der Waals surface area contributed by atoms with Gasteiger partial charge in [-0.25, -0.2) is 4.79 Å². The second kappa shape index (κ2) is 6.11. The zero-order chi connectivity index (χ0) is 14.8. The Morgan fingerprint density at radius 1 is 1.24 bits per heavy atom. The number of aliphatic carboxylic acids is 1. The molecule has 0 saturated carbocycles. The number of ether oxygens (including phenoxy) is 4. The maximum absolute atomic E-state index is 11.2. The average Bonchev–Trinajstić information content (AvgIpc) is 2.53. The summed E-state index contributed by atoms with van der Waals surface area (Å²) in [5.41, 5.74) is 0.935. The van der Waals surface area contributed by atoms with Crippen molar-refractivity contribution < 1.29 is 28.8 Å². The van der Waals surface area contributed by atoms with Crippen molar-refractivity contribution in [2.24, 2.45) is 0 Å². The van der Waals surface area contributed by atoms with Crippen LogP contribution in [0.25, 0.3) is 0 Å². The molecule has 5 atom stereocenters. The van der Waals surface area contributed by atoms with Crippen molar-refractivity contribution in [1.82, 2.24) is 0 Å². The Hall–Kier alpha value is -1.47. The summed E-state index contributed by atoms with van der Waals surface area (Å²) in [7, 11) is 1.48. The minimum atomic E-state index is -1.02. The SMILES string of the molecule is COC1CC2OC(c3ccccc3)OCC2OC1C(=O)O. The van der Waals surface area contributed by atoms with Crippen molar-refractivity contribution >= 4 is 5.97 Å². The molecule has 114 valence electrons. The number of carbonyl (C=O) groups is 1. The van der Waals surface area contributed by atoms with Gasteiger partial charge in [0.2, 0.25) is 0 Å². The summed E-state index contributed by atoms with van der Waals surface area (Å²) in [6, 6.07) is 9.64. The van der Waals surface area contributed by atoms with Crippen molar-refractivity contribution in [2.75, 3.05) is 13.7 Å². The topological polar surface area (TPSA) is 74.2 Å². The molecule has 6 heteroatoms. The normalized spacial score (nSPS) is 36.0. The van der Waals surface area contributed by atoms with E-state index in [2.05, 4.69) is 0 Å². The van der Waals surface area contributed by atoms with Gasteiger partial charge in [-0.1, -0.05) is 30.3 Å². The Morgan fingerprint density at radius 2 is 2.00 bits per heavy atom. The number of hydrogen-bond acceptors (Lipinski definition) is 5. The number of hydrogen-bond donors (Lipinski definition) is 1. The van der Waals surface area contributed by atoms with Crippen LogP contribution in [0.3, 0.4) is 0 Å². The summed E-state index contributed by atoms with van der Waals surface area (Å²) in [6.45, 7) is 0.310. The fraction of sp³-hybridized carbons (Fsp3) is 0.533. The van der Waals surface area contributed by atoms with Crippen LogP contribution in [0.15, 0.2) is 30.3 Å². The lowest BCUT2D eigenvalue weighted by molar-refractivity contribution is -0.301. The predicted molar refractivity (Wildman–Crippen MR) is 71.7 cm³/mol. The van der Waals surface area contributed by atoms with E-state index < -0.39 is 24.5 Å². The van der Waals surface area contributed by atoms with Crippen molar-refractivity contribution in [2.45, 2.75) is 37.1 Å². The summed E-state index contributed by atoms with van der Waals surface area (Å²) in [5, 5.41) is 9.17. The molecule has 21 heavy (non-hydrogen) atoms. The second-order valence-electron chi connectivity index (χ2n) is 5.19. The third kappa shape index (κ3) is 2.94. The number of fused-ring (bicyclic) bond motifs is 1. The lowest BCUT2D eigenvalue weighted by Gasteiger charge is -2.43. The highest BCUT2D eigenvalue weighted by molar-refractivity contribution is 5.73. The highest BCUT2D eigenvalue weighted by Crippen LogP contribution is 2.34. The quantitative estimate of drug-likeness (QED) is 0.907. The van der Waals surface area contributed by atoms with Crippen LogP contribution >= 0.6 is 0 Å². The molecule has 0 bridgehead atoms. The first-order valence-corrected chi connectivity index (χ1v) is 6.92. The van der Waals surface area contributed by atoms with E-state index in [1.807, 2.05) is 30.3 Å². The fourth-order valence-corrected chi connectivity index (χ4v) is 2.76. The van der Waals surface area contributed by atoms with Gasteiger partial charge < -0.3 is 24.1 Å². The Morgan fingerprint density at radius 3 is 2.67 bits per heavy atom. The van der Waals surface area contributed by atoms with Crippen LogP contribution in [0.2, 0.25) is 0 Å². The predicted octanol–water partition coefficient (Wildman–Crippen LogP) is 1.36. The number of benzene rings is 1. The van der Waals surface area contributed by atoms with Gasteiger partial charge in [0, 0.05) is 19.1 Å². The van der Waals surface area contributed by atoms with E-state index >= 15 is 0 Å². The molecule has 1 N–H and O–H groups in total. The molecule has 2 saturated heterocycles. The number of rotatable bonds is 3. The zero-order valence-electron chi connectivity index (χ0n) is 11.7. The van der Waals surface area contributed by atoms with Gasteiger partial charge in [-0.15, -0.1) is 0 Å². The van der Waals surface area contributed by atoms with E-state index in [1.165, 1.54) is 7.11 Å². The summed E-state index contributed by atoms with van der Waals surface area (Å²) in [5.74, 6) is -1.02. The molecular formula is C15H18O6. The van der Waals surface area contributed by atoms with Crippen molar-refractivity contribution in [3.05, 3.63) is 35.9 Å². The summed E-state index contributed by atoms with van der Waals surface area (Å²) in [4.78, 5) is 11.2. The lowest BCUT2D eigenvalue weighted by Crippen LogP contribution is -2.55. The van der Waals surface area contributed by atoms with Gasteiger partial charge in [0.25, 0.3) is 0 Å². The monoisotopic (exact) mass is 294 g/mol. The standard InChI is InChI=1S/C15H18O6/c1-18-11-7-10-12(20-13(11)14(16)17)8-19-15(21-10)9-5-3-2-4-6-9/h2-6,10-13,15H,7-8H2,1H3,(H,16,17). The molecule has 0 aliphatic carbocycles. The van der Waals surface area contributed by atoms with Gasteiger partial charge in [-0.2, -0.15) is 0 Å². The summed E-state index contributed by atoms with van der Waals surface area (Å²) in [6.07, 6.45) is -2.07. The van der Waals surface area contributed by atoms with Crippen molar-refractivity contribution in [3.8, 4) is 0 Å². The van der Waals surface area contributed by atoms with E-state index in [4.69, 9.17) is 18.9 Å². The van der Waals surface area contributed by atoms with Gasteiger partial charge in [-0.3, -0.25) is 0 Å². The van der Waals surface area contributed by atoms with E-state index in [0.717, 1.165) is 5.56 Å². The van der Waals surface area contributed by atoms with Crippen LogP contribution in [0, 0.1) is 0 Å². The fourth-order valence-electron chi connectivity index (χ4n) is 2.76. The molecule has 0 spiro atoms. The molecule has 1 aromatic carbocycles. The number of methoxy groups -OCH3 is 1. The average molecular weight is 294 g/mol. The lowest BCUT2D eigenvalue weighted by atomic mass is 9.97. The summed E-state index contributed by atoms with van der Waals surface area (Å²) < 4.78 is 22.4. The number of carboxylic acid groups (broad SMARTS) is 1.